The summed E-state index contributed by atoms with van der Waals surface area (Å²) in [6, 6.07) is 31.2. The summed E-state index contributed by atoms with van der Waals surface area (Å²) < 4.78 is 28.8. The fourth-order valence-corrected chi connectivity index (χ4v) is 8.47. The van der Waals surface area contributed by atoms with Gasteiger partial charge in [-0.05, 0) is 112 Å². The number of sulfonamides is 1. The molecular formula is C38H47N5O3S3. The van der Waals surface area contributed by atoms with E-state index in [9.17, 15) is 13.2 Å². The van der Waals surface area contributed by atoms with E-state index >= 15 is 0 Å². The van der Waals surface area contributed by atoms with E-state index < -0.39 is 15.9 Å². The molecule has 1 aliphatic heterocycles. The Bertz CT molecular complexity index is 1780. The molecule has 0 spiro atoms. The topological polar surface area (TPSA) is 85.0 Å². The first-order valence-electron chi connectivity index (χ1n) is 16.6. The third-order valence-electron chi connectivity index (χ3n) is 8.67. The normalized spacial score (nSPS) is 14.5. The Hall–Kier alpha value is -3.48. The Kier molecular flexibility index (Phi) is 13.1. The molecule has 0 radical (unpaired) electrons. The maximum Gasteiger partial charge on any atom is 0.264 e. The van der Waals surface area contributed by atoms with Crippen molar-refractivity contribution in [2.75, 3.05) is 69.0 Å². The molecule has 0 bridgehead atoms. The summed E-state index contributed by atoms with van der Waals surface area (Å²) in [6.45, 7) is 7.40. The zero-order chi connectivity index (χ0) is 34.8. The van der Waals surface area contributed by atoms with Gasteiger partial charge in [-0.3, -0.25) is 9.69 Å². The van der Waals surface area contributed by atoms with Gasteiger partial charge in [0.15, 0.2) is 0 Å². The van der Waals surface area contributed by atoms with Gasteiger partial charge in [0.1, 0.15) is 0 Å². The van der Waals surface area contributed by atoms with Crippen LogP contribution in [0.5, 0.6) is 0 Å². The number of anilines is 2. The molecule has 0 saturated carbocycles. The summed E-state index contributed by atoms with van der Waals surface area (Å²) >= 11 is 3.58. The monoisotopic (exact) mass is 717 g/mol. The van der Waals surface area contributed by atoms with Crippen LogP contribution < -0.4 is 14.9 Å². The lowest BCUT2D eigenvalue weighted by Crippen LogP contribution is -2.46. The van der Waals surface area contributed by atoms with Gasteiger partial charge in [0, 0.05) is 71.2 Å². The molecule has 11 heteroatoms. The summed E-state index contributed by atoms with van der Waals surface area (Å²) in [6.07, 6.45) is 3.05. The molecule has 260 valence electrons. The van der Waals surface area contributed by atoms with Crippen LogP contribution in [-0.2, 0) is 16.6 Å². The molecule has 2 N–H and O–H groups in total. The minimum atomic E-state index is -4.07. The average molecular weight is 718 g/mol. The largest absolute Gasteiger partial charge is 0.381 e. The highest BCUT2D eigenvalue weighted by Gasteiger charge is 2.22. The van der Waals surface area contributed by atoms with Crippen LogP contribution in [-0.4, -0.2) is 89.0 Å². The molecule has 5 rings (SSSR count). The lowest BCUT2D eigenvalue weighted by atomic mass is 10.1. The molecule has 4 aromatic carbocycles. The summed E-state index contributed by atoms with van der Waals surface area (Å²) in [5, 5.41) is 3.63. The van der Waals surface area contributed by atoms with Crippen LogP contribution in [0, 0.1) is 6.92 Å². The summed E-state index contributed by atoms with van der Waals surface area (Å²) in [5.41, 5.74) is 4.36. The lowest BCUT2D eigenvalue weighted by Gasteiger charge is -2.36. The van der Waals surface area contributed by atoms with Crippen molar-refractivity contribution in [1.82, 2.24) is 14.5 Å². The highest BCUT2D eigenvalue weighted by molar-refractivity contribution is 7.99. The molecule has 1 saturated heterocycles. The number of rotatable bonds is 15. The first-order chi connectivity index (χ1) is 23.6. The molecule has 0 unspecified atom stereocenters. The first kappa shape index (κ1) is 36.8. The zero-order valence-electron chi connectivity index (χ0n) is 28.8. The van der Waals surface area contributed by atoms with Crippen LogP contribution in [0.3, 0.4) is 0 Å². The van der Waals surface area contributed by atoms with E-state index in [0.29, 0.717) is 5.56 Å². The molecule has 1 aliphatic rings. The third kappa shape index (κ3) is 10.5. The van der Waals surface area contributed by atoms with Gasteiger partial charge in [-0.25, -0.2) is 13.1 Å². The van der Waals surface area contributed by atoms with Crippen LogP contribution >= 0.6 is 23.5 Å². The van der Waals surface area contributed by atoms with E-state index in [2.05, 4.69) is 81.5 Å². The second-order valence-electron chi connectivity index (χ2n) is 12.6. The first-order valence-corrected chi connectivity index (χ1v) is 20.3. The lowest BCUT2D eigenvalue weighted by molar-refractivity contribution is 0.0981. The maximum atomic E-state index is 13.3. The number of piperazine rings is 1. The van der Waals surface area contributed by atoms with Crippen LogP contribution in [0.4, 0.5) is 11.4 Å². The Balaban J connectivity index is 1.16. The number of carbonyl (C=O) groups excluding carboxylic acids is 1. The van der Waals surface area contributed by atoms with Gasteiger partial charge in [0.05, 0.1) is 4.90 Å². The number of amides is 1. The molecule has 1 heterocycles. The number of nitrogens with one attached hydrogen (secondary N) is 2. The van der Waals surface area contributed by atoms with Gasteiger partial charge in [-0.2, -0.15) is 0 Å². The molecule has 1 atom stereocenters. The van der Waals surface area contributed by atoms with Gasteiger partial charge >= 0.3 is 0 Å². The number of hydrogen-bond acceptors (Lipinski definition) is 9. The predicted molar refractivity (Wildman–Crippen MR) is 206 cm³/mol. The molecule has 8 nitrogen and oxygen atoms in total. The van der Waals surface area contributed by atoms with Gasteiger partial charge < -0.3 is 15.1 Å². The standard InChI is InChI=1S/C38H47N5O3S3/c1-29-26-35(18-19-36(29)39-32(20-21-41(2)3)28-48-34-11-6-5-7-12-34)49(45,46)40-38(44)30-14-16-33(17-15-30)43-24-22-42(23-25-43)27-31-10-8-9-13-37(31)47-4/h5-19,26,32,39H,20-25,27-28H2,1-4H3,(H,40,44)/t32-/m1/s1. The second kappa shape index (κ2) is 17.4. The maximum absolute atomic E-state index is 13.3. The highest BCUT2D eigenvalue weighted by atomic mass is 32.2. The van der Waals surface area contributed by atoms with Gasteiger partial charge in [0.2, 0.25) is 0 Å². The van der Waals surface area contributed by atoms with Crippen molar-refractivity contribution < 1.29 is 13.2 Å². The predicted octanol–water partition coefficient (Wildman–Crippen LogP) is 6.68. The number of aryl methyl sites for hydroxylation is 1. The van der Waals surface area contributed by atoms with Crippen molar-refractivity contribution >= 4 is 50.8 Å². The number of carbonyl (C=O) groups is 1. The fourth-order valence-electron chi connectivity index (χ4n) is 5.81. The molecule has 4 aromatic rings. The van der Waals surface area contributed by atoms with Crippen LogP contribution in [0.2, 0.25) is 0 Å². The third-order valence-corrected chi connectivity index (χ3v) is 12.0. The van der Waals surface area contributed by atoms with Crippen LogP contribution in [0.25, 0.3) is 0 Å². The van der Waals surface area contributed by atoms with Gasteiger partial charge in [-0.15, -0.1) is 23.5 Å². The van der Waals surface area contributed by atoms with Crippen LogP contribution in [0.15, 0.2) is 112 Å². The number of nitrogens with zero attached hydrogens (tertiary/aromatic N) is 3. The van der Waals surface area contributed by atoms with Crippen LogP contribution in [0.1, 0.15) is 27.9 Å². The molecule has 1 amide bonds. The van der Waals surface area contributed by atoms with Crippen molar-refractivity contribution in [3.63, 3.8) is 0 Å². The minimum absolute atomic E-state index is 0.0575. The van der Waals surface area contributed by atoms with Crippen molar-refractivity contribution in [3.8, 4) is 0 Å². The highest BCUT2D eigenvalue weighted by Crippen LogP contribution is 2.26. The number of thioether (sulfide) groups is 2. The van der Waals surface area contributed by atoms with Crippen molar-refractivity contribution in [1.29, 1.82) is 0 Å². The van der Waals surface area contributed by atoms with Crippen molar-refractivity contribution in [2.45, 2.75) is 40.6 Å². The van der Waals surface area contributed by atoms with E-state index in [1.165, 1.54) is 15.4 Å². The SMILES string of the molecule is CSc1ccccc1CN1CCN(c2ccc(C(=O)NS(=O)(=O)c3ccc(N[C@H](CCN(C)C)CSc4ccccc4)c(C)c3)cc2)CC1. The summed E-state index contributed by atoms with van der Waals surface area (Å²) in [5.74, 6) is 0.223. The molecule has 0 aromatic heterocycles. The molecular weight excluding hydrogens is 671 g/mol. The average Bonchev–Trinajstić information content (AvgIpc) is 3.11. The zero-order valence-corrected chi connectivity index (χ0v) is 31.2. The Morgan fingerprint density at radius 1 is 0.898 bits per heavy atom. The van der Waals surface area contributed by atoms with E-state index in [0.717, 1.165) is 68.4 Å². The van der Waals surface area contributed by atoms with E-state index in [-0.39, 0.29) is 10.9 Å². The molecule has 0 aliphatic carbocycles. The van der Waals surface area contributed by atoms with Crippen molar-refractivity contribution in [3.05, 3.63) is 114 Å². The Morgan fingerprint density at radius 3 is 2.27 bits per heavy atom. The molecule has 1 fully saturated rings. The van der Waals surface area contributed by atoms with E-state index in [4.69, 9.17) is 0 Å². The Morgan fingerprint density at radius 2 is 1.59 bits per heavy atom. The summed E-state index contributed by atoms with van der Waals surface area (Å²) in [4.78, 5) is 22.6. The van der Waals surface area contributed by atoms with Gasteiger partial charge in [-0.1, -0.05) is 36.4 Å². The van der Waals surface area contributed by atoms with Gasteiger partial charge in [0.25, 0.3) is 15.9 Å². The quantitative estimate of drug-likeness (QED) is 0.131. The fraction of sp³-hybridized carbons (Fsp3) is 0.342. The number of benzene rings is 4. The summed E-state index contributed by atoms with van der Waals surface area (Å²) in [7, 11) is 0.0548. The van der Waals surface area contributed by atoms with Crippen molar-refractivity contribution in [2.24, 2.45) is 0 Å². The molecule has 49 heavy (non-hydrogen) atoms. The smallest absolute Gasteiger partial charge is 0.264 e. The Labute approximate surface area is 300 Å². The van der Waals surface area contributed by atoms with E-state index in [1.54, 1.807) is 53.9 Å². The number of hydrogen-bond donors (Lipinski definition) is 2. The second-order valence-corrected chi connectivity index (χ2v) is 16.2. The minimum Gasteiger partial charge on any atom is -0.381 e. The van der Waals surface area contributed by atoms with E-state index in [1.807, 2.05) is 37.3 Å².